The van der Waals surface area contributed by atoms with Crippen molar-refractivity contribution >= 4 is 23.2 Å². The van der Waals surface area contributed by atoms with E-state index in [0.717, 1.165) is 11.3 Å². The van der Waals surface area contributed by atoms with Gasteiger partial charge in [-0.25, -0.2) is 14.8 Å². The third-order valence-corrected chi connectivity index (χ3v) is 3.27. The molecule has 0 aromatic carbocycles. The molecule has 6 nitrogen and oxygen atoms in total. The highest BCUT2D eigenvalue weighted by molar-refractivity contribution is 6.32. The van der Waals surface area contributed by atoms with Gasteiger partial charge in [0.25, 0.3) is 5.56 Å². The van der Waals surface area contributed by atoms with Crippen LogP contribution in [0, 0.1) is 27.7 Å². The van der Waals surface area contributed by atoms with Crippen molar-refractivity contribution in [3.05, 3.63) is 53.8 Å². The molecule has 0 amide bonds. The lowest BCUT2D eigenvalue weighted by Crippen LogP contribution is -2.25. The van der Waals surface area contributed by atoms with Crippen LogP contribution in [0.25, 0.3) is 0 Å². The van der Waals surface area contributed by atoms with Crippen LogP contribution in [0.4, 0.5) is 0 Å². The largest absolute Gasteiger partial charge is 0.325 e. The van der Waals surface area contributed by atoms with Crippen molar-refractivity contribution in [2.45, 2.75) is 27.7 Å². The molecule has 0 saturated carbocycles. The first-order valence-corrected chi connectivity index (χ1v) is 6.44. The monoisotopic (exact) mass is 316 g/mol. The Morgan fingerprint density at radius 1 is 0.900 bits per heavy atom. The molecule has 2 heterocycles. The second-order valence-electron chi connectivity index (χ2n) is 4.15. The van der Waals surface area contributed by atoms with E-state index in [2.05, 4.69) is 19.9 Å². The molecule has 2 N–H and O–H groups in total. The number of aromatic nitrogens is 4. The van der Waals surface area contributed by atoms with E-state index in [4.69, 9.17) is 23.2 Å². The van der Waals surface area contributed by atoms with E-state index in [-0.39, 0.29) is 10.8 Å². The average molecular weight is 317 g/mol. The van der Waals surface area contributed by atoms with Gasteiger partial charge in [0.2, 0.25) is 5.28 Å². The Morgan fingerprint density at radius 2 is 1.50 bits per heavy atom. The van der Waals surface area contributed by atoms with Gasteiger partial charge in [0.1, 0.15) is 5.15 Å². The minimum Gasteiger partial charge on any atom is -0.311 e. The predicted molar refractivity (Wildman–Crippen MR) is 78.7 cm³/mol. The summed E-state index contributed by atoms with van der Waals surface area (Å²) in [7, 11) is 0. The van der Waals surface area contributed by atoms with Crippen LogP contribution >= 0.6 is 23.2 Å². The van der Waals surface area contributed by atoms with Gasteiger partial charge < -0.3 is 4.98 Å². The standard InChI is InChI=1S/C6H6Cl2N2.C6H8N2O2/c1-3-4(2)9-6(8)10-5(3)7;1-3-4(2)7-6(10)8-5(3)9/h1-2H3;1-2H3,(H2,7,8,9,10). The maximum Gasteiger partial charge on any atom is 0.325 e. The summed E-state index contributed by atoms with van der Waals surface area (Å²) >= 11 is 11.2. The van der Waals surface area contributed by atoms with Crippen molar-refractivity contribution in [3.63, 3.8) is 0 Å². The average Bonchev–Trinajstić information content (AvgIpc) is 2.33. The fourth-order valence-corrected chi connectivity index (χ4v) is 1.70. The van der Waals surface area contributed by atoms with Crippen LogP contribution in [0.5, 0.6) is 0 Å². The Hall–Kier alpha value is -1.66. The van der Waals surface area contributed by atoms with Gasteiger partial charge in [0.15, 0.2) is 0 Å². The number of H-pyrrole nitrogens is 2. The maximum atomic E-state index is 10.8. The zero-order valence-corrected chi connectivity index (χ0v) is 13.0. The second-order valence-corrected chi connectivity index (χ2v) is 4.85. The molecule has 108 valence electrons. The highest BCUT2D eigenvalue weighted by Gasteiger charge is 2.02. The van der Waals surface area contributed by atoms with E-state index in [0.29, 0.717) is 16.4 Å². The number of rotatable bonds is 0. The van der Waals surface area contributed by atoms with Gasteiger partial charge in [0, 0.05) is 22.5 Å². The molecule has 0 bridgehead atoms. The fraction of sp³-hybridized carbons (Fsp3) is 0.333. The third kappa shape index (κ3) is 4.18. The van der Waals surface area contributed by atoms with Crippen LogP contribution in [0.2, 0.25) is 10.4 Å². The first-order valence-electron chi connectivity index (χ1n) is 5.68. The van der Waals surface area contributed by atoms with E-state index in [1.54, 1.807) is 13.8 Å². The number of nitrogens with zero attached hydrogens (tertiary/aromatic N) is 2. The zero-order valence-electron chi connectivity index (χ0n) is 11.5. The first-order chi connectivity index (χ1) is 9.22. The number of nitrogens with one attached hydrogen (secondary N) is 2. The van der Waals surface area contributed by atoms with Crippen molar-refractivity contribution in [1.29, 1.82) is 0 Å². The summed E-state index contributed by atoms with van der Waals surface area (Å²) in [5.41, 5.74) is 2.11. The molecule has 0 aliphatic carbocycles. The second kappa shape index (κ2) is 6.67. The molecule has 20 heavy (non-hydrogen) atoms. The van der Waals surface area contributed by atoms with Crippen LogP contribution < -0.4 is 11.2 Å². The molecular formula is C12H14Cl2N4O2. The molecule has 0 radical (unpaired) electrons. The summed E-state index contributed by atoms with van der Waals surface area (Å²) < 4.78 is 0. The molecule has 2 rings (SSSR count). The van der Waals surface area contributed by atoms with Crippen molar-refractivity contribution in [1.82, 2.24) is 19.9 Å². The van der Waals surface area contributed by atoms with Crippen molar-refractivity contribution in [2.24, 2.45) is 0 Å². The van der Waals surface area contributed by atoms with Gasteiger partial charge in [0.05, 0.1) is 0 Å². The van der Waals surface area contributed by atoms with E-state index in [1.165, 1.54) is 0 Å². The molecule has 0 unspecified atom stereocenters. The molecule has 8 heteroatoms. The topological polar surface area (TPSA) is 91.5 Å². The highest BCUT2D eigenvalue weighted by atomic mass is 35.5. The lowest BCUT2D eigenvalue weighted by molar-refractivity contribution is 0.963. The van der Waals surface area contributed by atoms with Gasteiger partial charge in [-0.15, -0.1) is 0 Å². The smallest absolute Gasteiger partial charge is 0.311 e. The van der Waals surface area contributed by atoms with Gasteiger partial charge in [-0.1, -0.05) is 11.6 Å². The Balaban J connectivity index is 0.000000200. The molecule has 0 aliphatic heterocycles. The lowest BCUT2D eigenvalue weighted by atomic mass is 10.3. The molecule has 2 aromatic heterocycles. The minimum atomic E-state index is -0.451. The van der Waals surface area contributed by atoms with Crippen LogP contribution in [0.3, 0.4) is 0 Å². The molecule has 0 atom stereocenters. The third-order valence-electron chi connectivity index (χ3n) is 2.73. The summed E-state index contributed by atoms with van der Waals surface area (Å²) in [6.07, 6.45) is 0. The minimum absolute atomic E-state index is 0.202. The summed E-state index contributed by atoms with van der Waals surface area (Å²) in [6.45, 7) is 7.04. The zero-order chi connectivity index (χ0) is 15.4. The fourth-order valence-electron chi connectivity index (χ4n) is 1.22. The Bertz CT molecular complexity index is 714. The SMILES string of the molecule is Cc1[nH]c(=O)[nH]c(=O)c1C.Cc1nc(Cl)nc(Cl)c1C. The van der Waals surface area contributed by atoms with Crippen molar-refractivity contribution in [3.8, 4) is 0 Å². The van der Waals surface area contributed by atoms with Gasteiger partial charge in [-0.3, -0.25) is 9.78 Å². The molecule has 0 spiro atoms. The molecule has 0 saturated heterocycles. The quantitative estimate of drug-likeness (QED) is 0.575. The molecule has 0 aliphatic rings. The van der Waals surface area contributed by atoms with Gasteiger partial charge in [-0.05, 0) is 39.3 Å². The first kappa shape index (κ1) is 16.4. The van der Waals surface area contributed by atoms with Crippen LogP contribution in [-0.4, -0.2) is 19.9 Å². The lowest BCUT2D eigenvalue weighted by Gasteiger charge is -1.99. The highest BCUT2D eigenvalue weighted by Crippen LogP contribution is 2.16. The normalized spacial score (nSPS) is 9.90. The van der Waals surface area contributed by atoms with E-state index in [9.17, 15) is 9.59 Å². The van der Waals surface area contributed by atoms with E-state index >= 15 is 0 Å². The Labute approximate surface area is 125 Å². The number of aryl methyl sites for hydroxylation is 2. The van der Waals surface area contributed by atoms with Crippen LogP contribution in [-0.2, 0) is 0 Å². The Kier molecular flexibility index (Phi) is 5.47. The van der Waals surface area contributed by atoms with Gasteiger partial charge >= 0.3 is 5.69 Å². The summed E-state index contributed by atoms with van der Waals surface area (Å²) in [5, 5.41) is 0.630. The molecule has 0 fully saturated rings. The summed E-state index contributed by atoms with van der Waals surface area (Å²) in [4.78, 5) is 33.6. The van der Waals surface area contributed by atoms with Gasteiger partial charge in [-0.2, -0.15) is 0 Å². The van der Waals surface area contributed by atoms with Crippen molar-refractivity contribution in [2.75, 3.05) is 0 Å². The molecule has 2 aromatic rings. The predicted octanol–water partition coefficient (Wildman–Crippen LogP) is 2.08. The number of hydrogen-bond donors (Lipinski definition) is 2. The maximum absolute atomic E-state index is 10.8. The Morgan fingerprint density at radius 3 is 2.00 bits per heavy atom. The number of halogens is 2. The van der Waals surface area contributed by atoms with Crippen LogP contribution in [0.1, 0.15) is 22.5 Å². The van der Waals surface area contributed by atoms with Crippen LogP contribution in [0.15, 0.2) is 9.59 Å². The number of aromatic amines is 2. The summed E-state index contributed by atoms with van der Waals surface area (Å²) in [6, 6.07) is 0. The summed E-state index contributed by atoms with van der Waals surface area (Å²) in [5.74, 6) is 0. The van der Waals surface area contributed by atoms with Crippen molar-refractivity contribution < 1.29 is 0 Å². The van der Waals surface area contributed by atoms with E-state index < -0.39 is 5.69 Å². The van der Waals surface area contributed by atoms with E-state index in [1.807, 2.05) is 13.8 Å². The molecular weight excluding hydrogens is 303 g/mol. The number of hydrogen-bond acceptors (Lipinski definition) is 4.